The number of aromatic nitrogens is 2. The minimum absolute atomic E-state index is 0.306. The van der Waals surface area contributed by atoms with Gasteiger partial charge in [-0.2, -0.15) is 5.10 Å². The van der Waals surface area contributed by atoms with E-state index < -0.39 is 0 Å². The number of rotatable bonds is 2. The summed E-state index contributed by atoms with van der Waals surface area (Å²) < 4.78 is 1.82. The molecule has 0 saturated heterocycles. The summed E-state index contributed by atoms with van der Waals surface area (Å²) in [7, 11) is 1.93. The number of nitrogens with one attached hydrogen (secondary N) is 1. The molecule has 0 saturated carbocycles. The fraction of sp³-hybridized carbons (Fsp3) is 0.600. The Bertz CT molecular complexity index is 340. The Morgan fingerprint density at radius 1 is 1.57 bits per heavy atom. The van der Waals surface area contributed by atoms with Crippen molar-refractivity contribution < 1.29 is 0 Å². The van der Waals surface area contributed by atoms with Crippen LogP contribution < -0.4 is 5.32 Å². The van der Waals surface area contributed by atoms with E-state index in [2.05, 4.69) is 22.3 Å². The zero-order valence-corrected chi connectivity index (χ0v) is 8.70. The molecule has 14 heavy (non-hydrogen) atoms. The quantitative estimate of drug-likeness (QED) is 0.766. The zero-order valence-electron chi connectivity index (χ0n) is 8.70. The van der Waals surface area contributed by atoms with Gasteiger partial charge in [-0.3, -0.25) is 9.67 Å². The lowest BCUT2D eigenvalue weighted by molar-refractivity contribution is 0.706. The van der Waals surface area contributed by atoms with Crippen LogP contribution in [-0.2, 0) is 7.05 Å². The maximum absolute atomic E-state index is 4.39. The average molecular weight is 192 g/mol. The van der Waals surface area contributed by atoms with E-state index in [-0.39, 0.29) is 0 Å². The summed E-state index contributed by atoms with van der Waals surface area (Å²) in [6.45, 7) is 3.11. The van der Waals surface area contributed by atoms with Gasteiger partial charge in [-0.1, -0.05) is 0 Å². The molecule has 1 aromatic heterocycles. The second-order valence-electron chi connectivity index (χ2n) is 3.75. The van der Waals surface area contributed by atoms with Gasteiger partial charge in [0.25, 0.3) is 0 Å². The molecule has 1 atom stereocenters. The van der Waals surface area contributed by atoms with Crippen molar-refractivity contribution in [2.75, 3.05) is 6.54 Å². The summed E-state index contributed by atoms with van der Waals surface area (Å²) in [4.78, 5) is 4.39. The summed E-state index contributed by atoms with van der Waals surface area (Å²) >= 11 is 0. The fourth-order valence-corrected chi connectivity index (χ4v) is 1.65. The number of aliphatic imine (C=N–C) groups is 1. The average Bonchev–Trinajstić information content (AvgIpc) is 2.75. The zero-order chi connectivity index (χ0) is 9.97. The van der Waals surface area contributed by atoms with Crippen LogP contribution in [0.4, 0.5) is 0 Å². The van der Waals surface area contributed by atoms with Gasteiger partial charge >= 0.3 is 0 Å². The predicted molar refractivity (Wildman–Crippen MR) is 56.3 cm³/mol. The lowest BCUT2D eigenvalue weighted by Gasteiger charge is -2.12. The second-order valence-corrected chi connectivity index (χ2v) is 3.75. The lowest BCUT2D eigenvalue weighted by Crippen LogP contribution is -2.24. The molecule has 0 fully saturated rings. The Hall–Kier alpha value is -1.32. The fourth-order valence-electron chi connectivity index (χ4n) is 1.65. The van der Waals surface area contributed by atoms with Gasteiger partial charge in [0, 0.05) is 31.8 Å². The van der Waals surface area contributed by atoms with E-state index >= 15 is 0 Å². The van der Waals surface area contributed by atoms with Crippen molar-refractivity contribution in [1.82, 2.24) is 15.1 Å². The Kier molecular flexibility index (Phi) is 2.52. The lowest BCUT2D eigenvalue weighted by atomic mass is 10.2. The smallest absolute Gasteiger partial charge is 0.0968 e. The van der Waals surface area contributed by atoms with Crippen LogP contribution in [0, 0.1) is 0 Å². The van der Waals surface area contributed by atoms with E-state index in [0.717, 1.165) is 18.8 Å². The molecule has 0 aromatic carbocycles. The minimum atomic E-state index is 0.306. The van der Waals surface area contributed by atoms with Gasteiger partial charge in [0.05, 0.1) is 18.1 Å². The van der Waals surface area contributed by atoms with E-state index in [1.165, 1.54) is 12.0 Å². The molecule has 2 rings (SSSR count). The van der Waals surface area contributed by atoms with Crippen molar-refractivity contribution in [3.05, 3.63) is 18.0 Å². The van der Waals surface area contributed by atoms with E-state index in [0.29, 0.717) is 6.04 Å². The van der Waals surface area contributed by atoms with Crippen LogP contribution in [0.5, 0.6) is 0 Å². The largest absolute Gasteiger partial charge is 0.367 e. The first-order valence-corrected chi connectivity index (χ1v) is 5.04. The summed E-state index contributed by atoms with van der Waals surface area (Å²) in [5, 5.41) is 7.55. The topological polar surface area (TPSA) is 42.2 Å². The third-order valence-corrected chi connectivity index (χ3v) is 2.48. The van der Waals surface area contributed by atoms with Gasteiger partial charge in [0.1, 0.15) is 0 Å². The molecule has 0 radical (unpaired) electrons. The van der Waals surface area contributed by atoms with E-state index in [1.54, 1.807) is 0 Å². The molecular weight excluding hydrogens is 176 g/mol. The molecule has 4 nitrogen and oxygen atoms in total. The number of aryl methyl sites for hydroxylation is 1. The van der Waals surface area contributed by atoms with E-state index in [9.17, 15) is 0 Å². The molecule has 0 aliphatic carbocycles. The molecule has 0 spiro atoms. The number of amidine groups is 1. The van der Waals surface area contributed by atoms with Crippen molar-refractivity contribution in [2.24, 2.45) is 12.0 Å². The van der Waals surface area contributed by atoms with Crippen LogP contribution in [-0.4, -0.2) is 22.2 Å². The first kappa shape index (κ1) is 9.24. The summed E-state index contributed by atoms with van der Waals surface area (Å²) in [5.41, 5.74) is 1.21. The standard InChI is InChI=1S/C10H16N4/c1-8(9-6-12-14(2)7-9)13-10-4-3-5-11-10/h6-8H,3-5H2,1-2H3,(H,11,13). The molecule has 1 aliphatic heterocycles. The summed E-state index contributed by atoms with van der Waals surface area (Å²) in [5.74, 6) is 1.14. The highest BCUT2D eigenvalue weighted by molar-refractivity contribution is 5.83. The maximum atomic E-state index is 4.39. The molecule has 1 aliphatic rings. The Morgan fingerprint density at radius 3 is 3.00 bits per heavy atom. The Balaban J connectivity index is 1.98. The predicted octanol–water partition coefficient (Wildman–Crippen LogP) is 1.26. The molecule has 2 heterocycles. The maximum Gasteiger partial charge on any atom is 0.0968 e. The van der Waals surface area contributed by atoms with Crippen molar-refractivity contribution in [3.8, 4) is 0 Å². The molecule has 1 unspecified atom stereocenters. The highest BCUT2D eigenvalue weighted by Gasteiger charge is 2.11. The van der Waals surface area contributed by atoms with E-state index in [1.807, 2.05) is 24.1 Å². The molecule has 1 aromatic rings. The first-order valence-electron chi connectivity index (χ1n) is 5.04. The number of hydrogen-bond donors (Lipinski definition) is 1. The second kappa shape index (κ2) is 3.82. The van der Waals surface area contributed by atoms with Gasteiger partial charge in [0.2, 0.25) is 0 Å². The van der Waals surface area contributed by atoms with Crippen molar-refractivity contribution in [2.45, 2.75) is 25.8 Å². The van der Waals surface area contributed by atoms with Crippen molar-refractivity contribution in [1.29, 1.82) is 0 Å². The SMILES string of the molecule is CC(NC1=NCCC1)c1cnn(C)c1. The van der Waals surface area contributed by atoms with Gasteiger partial charge < -0.3 is 5.32 Å². The van der Waals surface area contributed by atoms with Gasteiger partial charge in [-0.25, -0.2) is 0 Å². The third kappa shape index (κ3) is 1.95. The van der Waals surface area contributed by atoms with Crippen LogP contribution in [0.15, 0.2) is 17.4 Å². The summed E-state index contributed by atoms with van der Waals surface area (Å²) in [6, 6.07) is 0.306. The van der Waals surface area contributed by atoms with Gasteiger partial charge in [-0.15, -0.1) is 0 Å². The highest BCUT2D eigenvalue weighted by atomic mass is 15.2. The van der Waals surface area contributed by atoms with Crippen LogP contribution in [0.2, 0.25) is 0 Å². The summed E-state index contributed by atoms with van der Waals surface area (Å²) in [6.07, 6.45) is 6.20. The number of hydrogen-bond acceptors (Lipinski definition) is 3. The normalized spacial score (nSPS) is 18.0. The molecule has 1 N–H and O–H groups in total. The monoisotopic (exact) mass is 192 g/mol. The highest BCUT2D eigenvalue weighted by Crippen LogP contribution is 2.12. The molecule has 0 bridgehead atoms. The first-order chi connectivity index (χ1) is 6.75. The van der Waals surface area contributed by atoms with Crippen molar-refractivity contribution >= 4 is 5.84 Å². The van der Waals surface area contributed by atoms with E-state index in [4.69, 9.17) is 0 Å². The molecule has 4 heteroatoms. The number of nitrogens with zero attached hydrogens (tertiary/aromatic N) is 3. The molecule has 0 amide bonds. The van der Waals surface area contributed by atoms with Crippen LogP contribution in [0.3, 0.4) is 0 Å². The third-order valence-electron chi connectivity index (χ3n) is 2.48. The Morgan fingerprint density at radius 2 is 2.43 bits per heavy atom. The Labute approximate surface area is 84.0 Å². The van der Waals surface area contributed by atoms with Crippen LogP contribution in [0.1, 0.15) is 31.4 Å². The molecule has 76 valence electrons. The van der Waals surface area contributed by atoms with Crippen LogP contribution >= 0.6 is 0 Å². The van der Waals surface area contributed by atoms with Crippen molar-refractivity contribution in [3.63, 3.8) is 0 Å². The van der Waals surface area contributed by atoms with Gasteiger partial charge in [-0.05, 0) is 13.3 Å². The molecular formula is C10H16N4. The van der Waals surface area contributed by atoms with Gasteiger partial charge in [0.15, 0.2) is 0 Å². The van der Waals surface area contributed by atoms with Crippen LogP contribution in [0.25, 0.3) is 0 Å². The minimum Gasteiger partial charge on any atom is -0.367 e.